The van der Waals surface area contributed by atoms with Crippen molar-refractivity contribution in [3.05, 3.63) is 76.3 Å². The lowest BCUT2D eigenvalue weighted by Gasteiger charge is -2.11. The fourth-order valence-electron chi connectivity index (χ4n) is 3.57. The SMILES string of the molecule is O=C(Cc1cccc(F)n1)Nc1nnc(CCC(F)Cn2cc(CNCc3cc(OC(F)(F)F)ccc3F)nn2)s1. The number of carbonyl (C=O) groups excluding carboxylic acids is 1. The first-order valence-electron chi connectivity index (χ1n) is 12.0. The Morgan fingerprint density at radius 1 is 1.07 bits per heavy atom. The fraction of sp³-hybridized carbons (Fsp3) is 0.333. The molecule has 10 nitrogen and oxygen atoms in total. The number of hydrogen-bond acceptors (Lipinski definition) is 9. The Morgan fingerprint density at radius 3 is 2.68 bits per heavy atom. The summed E-state index contributed by atoms with van der Waals surface area (Å²) in [7, 11) is 0. The van der Waals surface area contributed by atoms with Gasteiger partial charge in [-0.15, -0.1) is 28.5 Å². The lowest BCUT2D eigenvalue weighted by atomic mass is 10.2. The molecule has 0 radical (unpaired) electrons. The average Bonchev–Trinajstić information content (AvgIpc) is 3.53. The maximum absolute atomic E-state index is 14.6. The highest BCUT2D eigenvalue weighted by Crippen LogP contribution is 2.25. The molecule has 1 amide bonds. The van der Waals surface area contributed by atoms with Crippen LogP contribution in [-0.4, -0.2) is 48.6 Å². The molecular weight excluding hydrogens is 578 g/mol. The number of hydrogen-bond donors (Lipinski definition) is 2. The minimum absolute atomic E-state index is 0.0362. The van der Waals surface area contributed by atoms with E-state index in [1.807, 2.05) is 0 Å². The molecule has 218 valence electrons. The van der Waals surface area contributed by atoms with Gasteiger partial charge in [0.2, 0.25) is 17.0 Å². The van der Waals surface area contributed by atoms with Gasteiger partial charge < -0.3 is 15.4 Å². The zero-order valence-electron chi connectivity index (χ0n) is 21.0. The quantitative estimate of drug-likeness (QED) is 0.174. The van der Waals surface area contributed by atoms with E-state index in [9.17, 15) is 31.1 Å². The fourth-order valence-corrected chi connectivity index (χ4v) is 4.35. The molecular formula is C24H22F6N8O2S. The van der Waals surface area contributed by atoms with Crippen molar-refractivity contribution in [3.63, 3.8) is 0 Å². The molecule has 41 heavy (non-hydrogen) atoms. The predicted octanol–water partition coefficient (Wildman–Crippen LogP) is 4.14. The number of anilines is 1. The Kier molecular flexibility index (Phi) is 9.82. The molecule has 0 spiro atoms. The molecule has 1 aromatic carbocycles. The van der Waals surface area contributed by atoms with Gasteiger partial charge in [-0.1, -0.05) is 22.6 Å². The van der Waals surface area contributed by atoms with Gasteiger partial charge in [-0.25, -0.2) is 18.4 Å². The van der Waals surface area contributed by atoms with E-state index in [4.69, 9.17) is 0 Å². The zero-order valence-corrected chi connectivity index (χ0v) is 21.9. The van der Waals surface area contributed by atoms with Crippen molar-refractivity contribution >= 4 is 22.4 Å². The number of aryl methyl sites for hydroxylation is 1. The van der Waals surface area contributed by atoms with E-state index in [1.54, 1.807) is 0 Å². The summed E-state index contributed by atoms with van der Waals surface area (Å²) in [5.74, 6) is -2.38. The number of carbonyl (C=O) groups is 1. The molecule has 2 N–H and O–H groups in total. The second kappa shape index (κ2) is 13.5. The van der Waals surface area contributed by atoms with Crippen LogP contribution in [0.5, 0.6) is 5.75 Å². The third-order valence-corrected chi connectivity index (χ3v) is 6.24. The zero-order chi connectivity index (χ0) is 29.4. The van der Waals surface area contributed by atoms with Crippen molar-refractivity contribution in [3.8, 4) is 5.75 Å². The van der Waals surface area contributed by atoms with Crippen LogP contribution in [0.3, 0.4) is 0 Å². The average molecular weight is 601 g/mol. The minimum atomic E-state index is -4.89. The van der Waals surface area contributed by atoms with E-state index in [2.05, 4.69) is 40.9 Å². The molecule has 3 heterocycles. The van der Waals surface area contributed by atoms with Crippen LogP contribution < -0.4 is 15.4 Å². The summed E-state index contributed by atoms with van der Waals surface area (Å²) in [5, 5.41) is 21.7. The molecule has 0 aliphatic heterocycles. The molecule has 4 aromatic rings. The predicted molar refractivity (Wildman–Crippen MR) is 133 cm³/mol. The van der Waals surface area contributed by atoms with Crippen LogP contribution in [0.2, 0.25) is 0 Å². The standard InChI is InChI=1S/C24H22F6N8O2S/c25-15(4-7-22-35-36-23(41-22)33-21(39)9-16-2-1-3-20(27)32-16)12-38-13-17(34-37-38)11-31-10-14-8-18(5-6-19(14)26)40-24(28,29)30/h1-3,5-6,8,13,15,31H,4,7,9-12H2,(H,33,36,39). The molecule has 3 aromatic heterocycles. The van der Waals surface area contributed by atoms with E-state index in [0.29, 0.717) is 10.7 Å². The number of nitrogens with one attached hydrogen (secondary N) is 2. The van der Waals surface area contributed by atoms with Crippen molar-refractivity contribution in [1.29, 1.82) is 0 Å². The van der Waals surface area contributed by atoms with Gasteiger partial charge in [0.15, 0.2) is 0 Å². The normalized spacial score (nSPS) is 12.3. The van der Waals surface area contributed by atoms with Gasteiger partial charge in [-0.05, 0) is 36.8 Å². The van der Waals surface area contributed by atoms with E-state index in [0.717, 1.165) is 29.5 Å². The van der Waals surface area contributed by atoms with Gasteiger partial charge in [0.05, 0.1) is 24.4 Å². The summed E-state index contributed by atoms with van der Waals surface area (Å²) in [4.78, 5) is 15.7. The molecule has 4 rings (SSSR count). The van der Waals surface area contributed by atoms with E-state index >= 15 is 0 Å². The van der Waals surface area contributed by atoms with Crippen LogP contribution in [0.4, 0.5) is 31.5 Å². The maximum atomic E-state index is 14.6. The summed E-state index contributed by atoms with van der Waals surface area (Å²) in [6.07, 6.45) is -4.49. The Morgan fingerprint density at radius 2 is 1.90 bits per heavy atom. The van der Waals surface area contributed by atoms with Gasteiger partial charge in [0.1, 0.15) is 22.7 Å². The van der Waals surface area contributed by atoms with Crippen molar-refractivity contribution in [2.75, 3.05) is 5.32 Å². The van der Waals surface area contributed by atoms with Gasteiger partial charge in [0, 0.05) is 31.3 Å². The molecule has 0 aliphatic carbocycles. The maximum Gasteiger partial charge on any atom is 0.573 e. The van der Waals surface area contributed by atoms with Crippen LogP contribution in [-0.2, 0) is 37.3 Å². The molecule has 0 saturated heterocycles. The summed E-state index contributed by atoms with van der Waals surface area (Å²) >= 11 is 1.09. The third kappa shape index (κ3) is 9.78. The number of rotatable bonds is 13. The lowest BCUT2D eigenvalue weighted by Crippen LogP contribution is -2.18. The first-order chi connectivity index (χ1) is 19.5. The van der Waals surface area contributed by atoms with Crippen LogP contribution >= 0.6 is 11.3 Å². The van der Waals surface area contributed by atoms with Crippen LogP contribution in [0.15, 0.2) is 42.6 Å². The molecule has 0 saturated carbocycles. The highest BCUT2D eigenvalue weighted by molar-refractivity contribution is 7.15. The van der Waals surface area contributed by atoms with Gasteiger partial charge >= 0.3 is 6.36 Å². The van der Waals surface area contributed by atoms with Crippen molar-refractivity contribution in [2.24, 2.45) is 0 Å². The summed E-state index contributed by atoms with van der Waals surface area (Å²) in [6, 6.07) is 6.84. The third-order valence-electron chi connectivity index (χ3n) is 5.34. The topological polar surface area (TPSA) is 120 Å². The van der Waals surface area contributed by atoms with Gasteiger partial charge in [-0.2, -0.15) is 4.39 Å². The first kappa shape index (κ1) is 29.9. The Balaban J connectivity index is 1.18. The summed E-state index contributed by atoms with van der Waals surface area (Å²) < 4.78 is 83.9. The molecule has 1 atom stereocenters. The van der Waals surface area contributed by atoms with E-state index < -0.39 is 36.0 Å². The Hall–Kier alpha value is -4.12. The van der Waals surface area contributed by atoms with Gasteiger partial charge in [0.25, 0.3) is 0 Å². The van der Waals surface area contributed by atoms with Crippen molar-refractivity contribution in [1.82, 2.24) is 35.5 Å². The Labute approximate surface area is 232 Å². The number of benzene rings is 1. The lowest BCUT2D eigenvalue weighted by molar-refractivity contribution is -0.274. The molecule has 0 fully saturated rings. The number of nitrogens with zero attached hydrogens (tertiary/aromatic N) is 6. The van der Waals surface area contributed by atoms with Crippen LogP contribution in [0, 0.1) is 11.8 Å². The van der Waals surface area contributed by atoms with E-state index in [1.165, 1.54) is 29.1 Å². The van der Waals surface area contributed by atoms with Crippen LogP contribution in [0.25, 0.3) is 0 Å². The second-order valence-corrected chi connectivity index (χ2v) is 9.71. The number of alkyl halides is 4. The summed E-state index contributed by atoms with van der Waals surface area (Å²) in [5.41, 5.74) is 0.641. The number of amides is 1. The second-order valence-electron chi connectivity index (χ2n) is 8.65. The van der Waals surface area contributed by atoms with Crippen LogP contribution in [0.1, 0.15) is 28.4 Å². The monoisotopic (exact) mass is 600 g/mol. The molecule has 0 bridgehead atoms. The molecule has 1 unspecified atom stereocenters. The minimum Gasteiger partial charge on any atom is -0.406 e. The first-order valence-corrected chi connectivity index (χ1v) is 12.9. The number of ether oxygens (including phenoxy) is 1. The van der Waals surface area contributed by atoms with Gasteiger partial charge in [-0.3, -0.25) is 4.79 Å². The summed E-state index contributed by atoms with van der Waals surface area (Å²) in [6.45, 7) is -0.0950. The Bertz CT molecular complexity index is 1460. The van der Waals surface area contributed by atoms with E-state index in [-0.39, 0.29) is 55.3 Å². The van der Waals surface area contributed by atoms with Crippen molar-refractivity contribution in [2.45, 2.75) is 51.4 Å². The highest BCUT2D eigenvalue weighted by atomic mass is 32.1. The highest BCUT2D eigenvalue weighted by Gasteiger charge is 2.31. The van der Waals surface area contributed by atoms with Crippen molar-refractivity contribution < 1.29 is 35.9 Å². The molecule has 17 heteroatoms. The smallest absolute Gasteiger partial charge is 0.406 e. The largest absolute Gasteiger partial charge is 0.573 e. The number of halogens is 6. The number of aromatic nitrogens is 6. The number of pyridine rings is 1. The molecule has 0 aliphatic rings.